The number of phenols is 1. The van der Waals surface area contributed by atoms with Gasteiger partial charge in [0.2, 0.25) is 17.7 Å². The lowest BCUT2D eigenvalue weighted by atomic mass is 9.89. The normalized spacial score (nSPS) is 22.8. The average Bonchev–Trinajstić information content (AvgIpc) is 3.53. The minimum absolute atomic E-state index is 0.0545. The Balaban J connectivity index is 0.741. The molecule has 314 valence electrons. The van der Waals surface area contributed by atoms with Crippen molar-refractivity contribution in [1.82, 2.24) is 25.3 Å². The van der Waals surface area contributed by atoms with Crippen molar-refractivity contribution in [2.24, 2.45) is 0 Å². The lowest BCUT2D eigenvalue weighted by Crippen LogP contribution is -2.54. The number of aromatic hydroxyl groups is 1. The SMILES string of the molecule is CN(c1cccc(C2CCN(CC(=O)N3CCC(Oc4cccc(N5[C@@H]6CC[C@H]5CN(c5cc(-c7ccccc7O)nnc5N)C6)c4)CC3)CC2)c1)C1CCC(=O)NC1=O. The molecule has 5 aliphatic heterocycles. The molecule has 4 N–H and O–H groups in total. The number of ether oxygens (including phenoxy) is 1. The maximum absolute atomic E-state index is 13.5. The lowest BCUT2D eigenvalue weighted by molar-refractivity contribution is -0.135. The highest BCUT2D eigenvalue weighted by Gasteiger charge is 2.41. The number of carbonyl (C=O) groups is 3. The van der Waals surface area contributed by atoms with Crippen molar-refractivity contribution in [3.63, 3.8) is 0 Å². The summed E-state index contributed by atoms with van der Waals surface area (Å²) in [5.74, 6) is 1.57. The molecule has 14 nitrogen and oxygen atoms in total. The number of aromatic nitrogens is 2. The minimum Gasteiger partial charge on any atom is -0.507 e. The van der Waals surface area contributed by atoms with Crippen LogP contribution in [0.4, 0.5) is 22.9 Å². The smallest absolute Gasteiger partial charge is 0.249 e. The number of hydrogen-bond donors (Lipinski definition) is 3. The number of phenolic OH excluding ortho intramolecular Hbond substituents is 1. The molecule has 0 spiro atoms. The van der Waals surface area contributed by atoms with Gasteiger partial charge < -0.3 is 35.2 Å². The first kappa shape index (κ1) is 39.6. The molecular formula is C46H55N9O5. The van der Waals surface area contributed by atoms with Crippen LogP contribution in [0.5, 0.6) is 11.5 Å². The van der Waals surface area contributed by atoms with Crippen LogP contribution < -0.4 is 30.5 Å². The summed E-state index contributed by atoms with van der Waals surface area (Å²) < 4.78 is 6.57. The molecule has 1 aromatic heterocycles. The summed E-state index contributed by atoms with van der Waals surface area (Å²) in [6, 6.07) is 26.3. The number of piperazine rings is 1. The Hall–Kier alpha value is -5.89. The number of likely N-dealkylation sites (N-methyl/N-ethyl adjacent to an activating group) is 1. The monoisotopic (exact) mass is 813 g/mol. The summed E-state index contributed by atoms with van der Waals surface area (Å²) >= 11 is 0. The maximum atomic E-state index is 13.5. The molecule has 2 bridgehead atoms. The molecule has 5 aliphatic rings. The van der Waals surface area contributed by atoms with Gasteiger partial charge in [-0.25, -0.2) is 0 Å². The topological polar surface area (TPSA) is 161 Å². The fraction of sp³-hybridized carbons (Fsp3) is 0.457. The zero-order valence-corrected chi connectivity index (χ0v) is 34.3. The molecule has 0 aliphatic carbocycles. The summed E-state index contributed by atoms with van der Waals surface area (Å²) in [7, 11) is 1.92. The van der Waals surface area contributed by atoms with Crippen molar-refractivity contribution in [3.05, 3.63) is 84.4 Å². The van der Waals surface area contributed by atoms with E-state index in [2.05, 4.69) is 66.6 Å². The predicted molar refractivity (Wildman–Crippen MR) is 231 cm³/mol. The van der Waals surface area contributed by atoms with E-state index in [4.69, 9.17) is 10.5 Å². The van der Waals surface area contributed by atoms with Crippen LogP contribution in [0.2, 0.25) is 0 Å². The highest BCUT2D eigenvalue weighted by Crippen LogP contribution is 2.40. The second kappa shape index (κ2) is 17.0. The Bertz CT molecular complexity index is 2210. The third-order valence-electron chi connectivity index (χ3n) is 13.4. The summed E-state index contributed by atoms with van der Waals surface area (Å²) in [5, 5.41) is 21.4. The fourth-order valence-corrected chi connectivity index (χ4v) is 10.1. The fourth-order valence-electron chi connectivity index (χ4n) is 10.1. The molecule has 5 fully saturated rings. The molecule has 3 atom stereocenters. The first-order chi connectivity index (χ1) is 29.2. The molecule has 14 heteroatoms. The molecule has 9 rings (SSSR count). The van der Waals surface area contributed by atoms with Gasteiger partial charge in [0.1, 0.15) is 23.6 Å². The van der Waals surface area contributed by atoms with Crippen molar-refractivity contribution in [2.45, 2.75) is 81.5 Å². The van der Waals surface area contributed by atoms with Crippen molar-refractivity contribution in [1.29, 1.82) is 0 Å². The Labute approximate surface area is 351 Å². The Morgan fingerprint density at radius 1 is 0.867 bits per heavy atom. The molecule has 0 radical (unpaired) electrons. The molecule has 5 saturated heterocycles. The quantitative estimate of drug-likeness (QED) is 0.189. The Morgan fingerprint density at radius 3 is 2.37 bits per heavy atom. The number of hydrogen-bond acceptors (Lipinski definition) is 12. The Kier molecular flexibility index (Phi) is 11.2. The number of nitrogens with one attached hydrogen (secondary N) is 1. The zero-order valence-electron chi connectivity index (χ0n) is 34.3. The highest BCUT2D eigenvalue weighted by atomic mass is 16.5. The van der Waals surface area contributed by atoms with E-state index in [0.717, 1.165) is 81.8 Å². The predicted octanol–water partition coefficient (Wildman–Crippen LogP) is 4.78. The number of para-hydroxylation sites is 1. The van der Waals surface area contributed by atoms with Crippen molar-refractivity contribution >= 4 is 40.6 Å². The maximum Gasteiger partial charge on any atom is 0.249 e. The number of likely N-dealkylation sites (tertiary alicyclic amines) is 2. The number of nitrogens with zero attached hydrogens (tertiary/aromatic N) is 7. The van der Waals surface area contributed by atoms with Crippen LogP contribution in [0.25, 0.3) is 11.3 Å². The first-order valence-corrected chi connectivity index (χ1v) is 21.5. The second-order valence-corrected chi connectivity index (χ2v) is 17.1. The van der Waals surface area contributed by atoms with Crippen molar-refractivity contribution in [2.75, 3.05) is 73.3 Å². The number of fused-ring (bicyclic) bond motifs is 2. The minimum atomic E-state index is -0.352. The van der Waals surface area contributed by atoms with Crippen LogP contribution >= 0.6 is 0 Å². The van der Waals surface area contributed by atoms with Crippen LogP contribution in [-0.4, -0.2) is 120 Å². The lowest BCUT2D eigenvalue weighted by Gasteiger charge is -2.43. The van der Waals surface area contributed by atoms with Crippen LogP contribution in [0, 0.1) is 0 Å². The molecular weight excluding hydrogens is 759 g/mol. The second-order valence-electron chi connectivity index (χ2n) is 17.1. The van der Waals surface area contributed by atoms with Gasteiger partial charge in [0.15, 0.2) is 5.82 Å². The van der Waals surface area contributed by atoms with Gasteiger partial charge in [0.05, 0.1) is 17.9 Å². The van der Waals surface area contributed by atoms with Crippen LogP contribution in [0.1, 0.15) is 62.8 Å². The van der Waals surface area contributed by atoms with Gasteiger partial charge in [-0.15, -0.1) is 10.2 Å². The molecule has 3 amide bonds. The molecule has 60 heavy (non-hydrogen) atoms. The number of benzene rings is 3. The van der Waals surface area contributed by atoms with Crippen LogP contribution in [-0.2, 0) is 14.4 Å². The van der Waals surface area contributed by atoms with E-state index in [0.29, 0.717) is 67.6 Å². The molecule has 1 unspecified atom stereocenters. The number of nitrogen functional groups attached to an aromatic ring is 1. The number of anilines is 4. The number of imide groups is 1. The van der Waals surface area contributed by atoms with Gasteiger partial charge >= 0.3 is 0 Å². The van der Waals surface area contributed by atoms with Gasteiger partial charge in [-0.05, 0) is 99.1 Å². The van der Waals surface area contributed by atoms with E-state index >= 15 is 0 Å². The van der Waals surface area contributed by atoms with E-state index in [-0.39, 0.29) is 35.6 Å². The summed E-state index contributed by atoms with van der Waals surface area (Å²) in [5.41, 5.74) is 11.9. The third-order valence-corrected chi connectivity index (χ3v) is 13.4. The summed E-state index contributed by atoms with van der Waals surface area (Å²) in [6.07, 6.45) is 6.65. The first-order valence-electron chi connectivity index (χ1n) is 21.5. The molecule has 0 saturated carbocycles. The summed E-state index contributed by atoms with van der Waals surface area (Å²) in [6.45, 7) is 5.17. The van der Waals surface area contributed by atoms with E-state index in [1.54, 1.807) is 12.1 Å². The average molecular weight is 814 g/mol. The van der Waals surface area contributed by atoms with Crippen molar-refractivity contribution < 1.29 is 24.2 Å². The Morgan fingerprint density at radius 2 is 1.62 bits per heavy atom. The van der Waals surface area contributed by atoms with Gasteiger partial charge in [0, 0.05) is 87.6 Å². The molecule has 6 heterocycles. The number of amides is 3. The number of rotatable bonds is 10. The van der Waals surface area contributed by atoms with E-state index in [1.165, 1.54) is 11.3 Å². The van der Waals surface area contributed by atoms with Crippen LogP contribution in [0.3, 0.4) is 0 Å². The van der Waals surface area contributed by atoms with Gasteiger partial charge in [-0.1, -0.05) is 30.3 Å². The van der Waals surface area contributed by atoms with E-state index < -0.39 is 0 Å². The summed E-state index contributed by atoms with van der Waals surface area (Å²) in [4.78, 5) is 48.7. The standard InChI is InChI=1S/C46H55N9O5/c1-51(40-14-15-43(57)48-46(40)59)32-7-4-6-31(24-32)30-16-20-52(21-17-30)29-44(58)53-22-18-36(19-23-53)60-37-9-5-8-33(25-37)55-34-12-13-35(55)28-54(27-34)41-26-39(49-50-45(41)47)38-10-2-3-11-42(38)56/h2-11,24-26,30,34-36,40,56H,12-23,27-29H2,1H3,(H2,47,50)(H,48,57,59)/t34-,35+,40?. The van der Waals surface area contributed by atoms with Gasteiger partial charge in [-0.3, -0.25) is 24.6 Å². The van der Waals surface area contributed by atoms with E-state index in [9.17, 15) is 19.5 Å². The largest absolute Gasteiger partial charge is 0.507 e. The zero-order chi connectivity index (χ0) is 41.3. The van der Waals surface area contributed by atoms with Crippen molar-refractivity contribution in [3.8, 4) is 22.8 Å². The molecule has 3 aromatic carbocycles. The number of nitrogens with two attached hydrogens (primary N) is 1. The van der Waals surface area contributed by atoms with Gasteiger partial charge in [0.25, 0.3) is 0 Å². The number of piperidine rings is 3. The molecule has 4 aromatic rings. The highest BCUT2D eigenvalue weighted by molar-refractivity contribution is 6.01. The number of carbonyl (C=O) groups excluding carboxylic acids is 3. The van der Waals surface area contributed by atoms with Crippen LogP contribution in [0.15, 0.2) is 78.9 Å². The third kappa shape index (κ3) is 8.29. The van der Waals surface area contributed by atoms with Gasteiger partial charge in [-0.2, -0.15) is 0 Å². The van der Waals surface area contributed by atoms with E-state index in [1.807, 2.05) is 47.2 Å².